The molecule has 0 aromatic heterocycles. The fourth-order valence-corrected chi connectivity index (χ4v) is 3.79. The smallest absolute Gasteiger partial charge is 0.0100 e. The van der Waals surface area contributed by atoms with Gasteiger partial charge in [-0.2, -0.15) is 0 Å². The topological polar surface area (TPSA) is 29.3 Å². The van der Waals surface area contributed by atoms with Crippen molar-refractivity contribution < 1.29 is 0 Å². The molecule has 0 aromatic carbocycles. The zero-order valence-corrected chi connectivity index (χ0v) is 11.9. The van der Waals surface area contributed by atoms with Crippen LogP contribution in [-0.2, 0) is 0 Å². The first-order valence-corrected chi connectivity index (χ1v) is 7.46. The zero-order valence-electron chi connectivity index (χ0n) is 11.9. The van der Waals surface area contributed by atoms with Crippen molar-refractivity contribution in [1.82, 2.24) is 4.90 Å². The number of likely N-dealkylation sites (tertiary alicyclic amines) is 1. The normalized spacial score (nSPS) is 39.2. The lowest BCUT2D eigenvalue weighted by molar-refractivity contribution is 0.0426. The third kappa shape index (κ3) is 3.23. The maximum atomic E-state index is 5.91. The Morgan fingerprint density at radius 2 is 2.06 bits per heavy atom. The maximum absolute atomic E-state index is 5.91. The minimum Gasteiger partial charge on any atom is -0.330 e. The lowest BCUT2D eigenvalue weighted by Gasteiger charge is -2.46. The highest BCUT2D eigenvalue weighted by Crippen LogP contribution is 2.38. The third-order valence-corrected chi connectivity index (χ3v) is 5.14. The SMILES string of the molecule is CC1CCN(C2CCCC(C)(C)C2)CC1CN. The van der Waals surface area contributed by atoms with Gasteiger partial charge in [0.25, 0.3) is 0 Å². The van der Waals surface area contributed by atoms with Gasteiger partial charge in [-0.05, 0) is 56.0 Å². The third-order valence-electron chi connectivity index (χ3n) is 5.14. The van der Waals surface area contributed by atoms with Gasteiger partial charge in [0.05, 0.1) is 0 Å². The Morgan fingerprint density at radius 1 is 1.29 bits per heavy atom. The van der Waals surface area contributed by atoms with Crippen LogP contribution in [0.3, 0.4) is 0 Å². The maximum Gasteiger partial charge on any atom is 0.0100 e. The summed E-state index contributed by atoms with van der Waals surface area (Å²) in [4.78, 5) is 2.75. The first-order valence-electron chi connectivity index (χ1n) is 7.46. The lowest BCUT2D eigenvalue weighted by Crippen LogP contribution is -2.49. The van der Waals surface area contributed by atoms with E-state index in [0.29, 0.717) is 5.41 Å². The van der Waals surface area contributed by atoms with Crippen molar-refractivity contribution in [3.63, 3.8) is 0 Å². The molecule has 3 atom stereocenters. The molecule has 0 bridgehead atoms. The van der Waals surface area contributed by atoms with E-state index in [-0.39, 0.29) is 0 Å². The monoisotopic (exact) mass is 238 g/mol. The number of rotatable bonds is 2. The Kier molecular flexibility index (Phi) is 4.14. The quantitative estimate of drug-likeness (QED) is 0.801. The van der Waals surface area contributed by atoms with Crippen LogP contribution in [0, 0.1) is 17.3 Å². The van der Waals surface area contributed by atoms with E-state index >= 15 is 0 Å². The van der Waals surface area contributed by atoms with E-state index in [1.165, 1.54) is 45.2 Å². The van der Waals surface area contributed by atoms with E-state index in [1.807, 2.05) is 0 Å². The molecule has 2 N–H and O–H groups in total. The summed E-state index contributed by atoms with van der Waals surface area (Å²) in [5, 5.41) is 0. The van der Waals surface area contributed by atoms with Gasteiger partial charge in [0, 0.05) is 12.6 Å². The second kappa shape index (κ2) is 5.27. The van der Waals surface area contributed by atoms with E-state index < -0.39 is 0 Å². The Labute approximate surface area is 107 Å². The van der Waals surface area contributed by atoms with Gasteiger partial charge in [0.1, 0.15) is 0 Å². The Balaban J connectivity index is 1.93. The Hall–Kier alpha value is -0.0800. The van der Waals surface area contributed by atoms with E-state index in [0.717, 1.165) is 24.4 Å². The molecule has 1 aliphatic heterocycles. The number of piperidine rings is 1. The summed E-state index contributed by atoms with van der Waals surface area (Å²) in [7, 11) is 0. The van der Waals surface area contributed by atoms with E-state index in [1.54, 1.807) is 0 Å². The highest BCUT2D eigenvalue weighted by molar-refractivity contribution is 4.89. The van der Waals surface area contributed by atoms with Gasteiger partial charge in [-0.25, -0.2) is 0 Å². The van der Waals surface area contributed by atoms with Crippen LogP contribution in [0.15, 0.2) is 0 Å². The van der Waals surface area contributed by atoms with Crippen LogP contribution in [-0.4, -0.2) is 30.6 Å². The van der Waals surface area contributed by atoms with Gasteiger partial charge in [0.2, 0.25) is 0 Å². The van der Waals surface area contributed by atoms with Crippen molar-refractivity contribution in [1.29, 1.82) is 0 Å². The molecule has 1 aliphatic carbocycles. The second-order valence-electron chi connectivity index (χ2n) is 7.17. The van der Waals surface area contributed by atoms with Crippen molar-refractivity contribution in [3.8, 4) is 0 Å². The van der Waals surface area contributed by atoms with Gasteiger partial charge in [-0.1, -0.05) is 27.2 Å². The summed E-state index contributed by atoms with van der Waals surface area (Å²) >= 11 is 0. The van der Waals surface area contributed by atoms with Crippen molar-refractivity contribution in [2.24, 2.45) is 23.0 Å². The van der Waals surface area contributed by atoms with Crippen LogP contribution in [0.4, 0.5) is 0 Å². The van der Waals surface area contributed by atoms with Gasteiger partial charge < -0.3 is 10.6 Å². The van der Waals surface area contributed by atoms with Crippen LogP contribution in [0.25, 0.3) is 0 Å². The fraction of sp³-hybridized carbons (Fsp3) is 1.00. The summed E-state index contributed by atoms with van der Waals surface area (Å²) in [6.45, 7) is 10.7. The summed E-state index contributed by atoms with van der Waals surface area (Å²) in [6.07, 6.45) is 6.97. The molecule has 0 radical (unpaired) electrons. The first-order chi connectivity index (χ1) is 8.02. The molecule has 17 heavy (non-hydrogen) atoms. The number of nitrogens with two attached hydrogens (primary N) is 1. The highest BCUT2D eigenvalue weighted by atomic mass is 15.2. The van der Waals surface area contributed by atoms with Gasteiger partial charge >= 0.3 is 0 Å². The van der Waals surface area contributed by atoms with Crippen LogP contribution in [0.5, 0.6) is 0 Å². The van der Waals surface area contributed by atoms with E-state index in [2.05, 4.69) is 25.7 Å². The molecule has 2 aliphatic rings. The number of hydrogen-bond donors (Lipinski definition) is 1. The van der Waals surface area contributed by atoms with Crippen molar-refractivity contribution in [2.75, 3.05) is 19.6 Å². The Bertz CT molecular complexity index is 249. The van der Waals surface area contributed by atoms with Crippen molar-refractivity contribution >= 4 is 0 Å². The molecule has 1 saturated heterocycles. The predicted octanol–water partition coefficient (Wildman–Crippen LogP) is 2.87. The second-order valence-corrected chi connectivity index (χ2v) is 7.17. The molecule has 2 heteroatoms. The first kappa shape index (κ1) is 13.4. The van der Waals surface area contributed by atoms with Crippen LogP contribution in [0.1, 0.15) is 52.9 Å². The van der Waals surface area contributed by atoms with Gasteiger partial charge in [-0.15, -0.1) is 0 Å². The molecule has 2 fully saturated rings. The minimum atomic E-state index is 0.560. The number of nitrogens with zero attached hydrogens (tertiary/aromatic N) is 1. The van der Waals surface area contributed by atoms with Crippen molar-refractivity contribution in [2.45, 2.75) is 58.9 Å². The summed E-state index contributed by atoms with van der Waals surface area (Å²) in [6, 6.07) is 0.834. The molecule has 100 valence electrons. The molecule has 1 saturated carbocycles. The zero-order chi connectivity index (χ0) is 12.5. The van der Waals surface area contributed by atoms with Gasteiger partial charge in [-0.3, -0.25) is 0 Å². The average Bonchev–Trinajstić information content (AvgIpc) is 2.28. The summed E-state index contributed by atoms with van der Waals surface area (Å²) in [5.41, 5.74) is 6.47. The summed E-state index contributed by atoms with van der Waals surface area (Å²) < 4.78 is 0. The van der Waals surface area contributed by atoms with E-state index in [4.69, 9.17) is 5.73 Å². The van der Waals surface area contributed by atoms with Crippen LogP contribution < -0.4 is 5.73 Å². The fourth-order valence-electron chi connectivity index (χ4n) is 3.79. The van der Waals surface area contributed by atoms with Crippen LogP contribution >= 0.6 is 0 Å². The average molecular weight is 238 g/mol. The molecule has 2 rings (SSSR count). The van der Waals surface area contributed by atoms with Crippen molar-refractivity contribution in [3.05, 3.63) is 0 Å². The van der Waals surface area contributed by atoms with Crippen LogP contribution in [0.2, 0.25) is 0 Å². The molecule has 0 spiro atoms. The molecule has 3 unspecified atom stereocenters. The minimum absolute atomic E-state index is 0.560. The molecule has 0 aromatic rings. The predicted molar refractivity (Wildman–Crippen MR) is 73.9 cm³/mol. The van der Waals surface area contributed by atoms with Gasteiger partial charge in [0.15, 0.2) is 0 Å². The summed E-state index contributed by atoms with van der Waals surface area (Å²) in [5.74, 6) is 1.56. The number of hydrogen-bond acceptors (Lipinski definition) is 2. The lowest BCUT2D eigenvalue weighted by atomic mass is 9.74. The Morgan fingerprint density at radius 3 is 2.71 bits per heavy atom. The molecule has 2 nitrogen and oxygen atoms in total. The molecule has 1 heterocycles. The molecule has 0 amide bonds. The standard InChI is InChI=1S/C15H30N2/c1-12-6-8-17(11-13(12)10-16)14-5-4-7-15(2,3)9-14/h12-14H,4-11,16H2,1-3H3. The van der Waals surface area contributed by atoms with E-state index in [9.17, 15) is 0 Å². The largest absolute Gasteiger partial charge is 0.330 e. The molecular formula is C15H30N2. The highest BCUT2D eigenvalue weighted by Gasteiger charge is 2.34. The molecular weight excluding hydrogens is 208 g/mol.